The highest BCUT2D eigenvalue weighted by atomic mass is 32.1. The maximum absolute atomic E-state index is 3.19. The average Bonchev–Trinajstić information content (AvgIpc) is 2.15. The zero-order valence-electron chi connectivity index (χ0n) is 5.85. The van der Waals surface area contributed by atoms with Crippen molar-refractivity contribution in [2.45, 2.75) is 20.3 Å². The second-order valence-electron chi connectivity index (χ2n) is 2.64. The van der Waals surface area contributed by atoms with Crippen molar-refractivity contribution in [1.82, 2.24) is 0 Å². The van der Waals surface area contributed by atoms with Gasteiger partial charge in [0.05, 0.1) is 5.38 Å². The maximum Gasteiger partial charge on any atom is 0.223 e. The number of H-pyrrole nitrogens is 1. The van der Waals surface area contributed by atoms with E-state index in [1.807, 2.05) is 5.51 Å². The third-order valence-corrected chi connectivity index (χ3v) is 1.83. The van der Waals surface area contributed by atoms with Gasteiger partial charge in [0.1, 0.15) is 0 Å². The van der Waals surface area contributed by atoms with Crippen molar-refractivity contribution in [2.24, 2.45) is 5.92 Å². The van der Waals surface area contributed by atoms with Gasteiger partial charge in [0.25, 0.3) is 0 Å². The quantitative estimate of drug-likeness (QED) is 0.597. The van der Waals surface area contributed by atoms with Crippen molar-refractivity contribution < 1.29 is 4.98 Å². The molecule has 1 nitrogen and oxygen atoms in total. The standard InChI is InChI=1S/C7H11NS/c1-6(2)3-7-4-9-5-8-7/h4-6H,3H2,1-2H3/p+1. The van der Waals surface area contributed by atoms with Crippen LogP contribution in [0.5, 0.6) is 0 Å². The summed E-state index contributed by atoms with van der Waals surface area (Å²) in [6.45, 7) is 4.46. The molecule has 0 unspecified atom stereocenters. The molecule has 0 spiro atoms. The summed E-state index contributed by atoms with van der Waals surface area (Å²) < 4.78 is 0. The second-order valence-corrected chi connectivity index (χ2v) is 3.38. The fraction of sp³-hybridized carbons (Fsp3) is 0.571. The van der Waals surface area contributed by atoms with Crippen LogP contribution >= 0.6 is 11.3 Å². The van der Waals surface area contributed by atoms with E-state index in [4.69, 9.17) is 0 Å². The van der Waals surface area contributed by atoms with Gasteiger partial charge in [0, 0.05) is 6.42 Å². The second kappa shape index (κ2) is 2.97. The Morgan fingerprint density at radius 1 is 1.67 bits per heavy atom. The first-order valence-corrected chi connectivity index (χ1v) is 4.16. The molecule has 0 bridgehead atoms. The van der Waals surface area contributed by atoms with Crippen LogP contribution in [0.15, 0.2) is 10.9 Å². The van der Waals surface area contributed by atoms with Crippen LogP contribution < -0.4 is 4.98 Å². The average molecular weight is 142 g/mol. The minimum atomic E-state index is 0.760. The molecule has 2 heteroatoms. The molecule has 0 aliphatic heterocycles. The molecule has 0 radical (unpaired) electrons. The molecule has 0 atom stereocenters. The topological polar surface area (TPSA) is 14.1 Å². The number of rotatable bonds is 2. The summed E-state index contributed by atoms with van der Waals surface area (Å²) in [4.78, 5) is 3.19. The molecular formula is C7H12NS+. The Morgan fingerprint density at radius 3 is 2.89 bits per heavy atom. The summed E-state index contributed by atoms with van der Waals surface area (Å²) in [6, 6.07) is 0. The number of aromatic amines is 1. The summed E-state index contributed by atoms with van der Waals surface area (Å²) in [7, 11) is 0. The lowest BCUT2D eigenvalue weighted by Crippen LogP contribution is -2.06. The van der Waals surface area contributed by atoms with Crippen LogP contribution in [0.25, 0.3) is 0 Å². The summed E-state index contributed by atoms with van der Waals surface area (Å²) in [5, 5.41) is 2.17. The van der Waals surface area contributed by atoms with Gasteiger partial charge in [-0.25, -0.2) is 4.98 Å². The molecule has 1 aromatic rings. The van der Waals surface area contributed by atoms with Crippen molar-refractivity contribution in [1.29, 1.82) is 0 Å². The monoisotopic (exact) mass is 142 g/mol. The molecule has 0 aromatic carbocycles. The van der Waals surface area contributed by atoms with Gasteiger partial charge >= 0.3 is 0 Å². The first-order valence-electron chi connectivity index (χ1n) is 3.22. The molecule has 0 saturated carbocycles. The van der Waals surface area contributed by atoms with Gasteiger partial charge in [-0.1, -0.05) is 25.2 Å². The third kappa shape index (κ3) is 2.14. The van der Waals surface area contributed by atoms with Crippen molar-refractivity contribution >= 4 is 11.3 Å². The molecule has 9 heavy (non-hydrogen) atoms. The Hall–Kier alpha value is -0.370. The Morgan fingerprint density at radius 2 is 2.44 bits per heavy atom. The van der Waals surface area contributed by atoms with Crippen molar-refractivity contribution in [3.8, 4) is 0 Å². The van der Waals surface area contributed by atoms with Crippen LogP contribution in [0.4, 0.5) is 0 Å². The molecule has 0 fully saturated rings. The lowest BCUT2D eigenvalue weighted by atomic mass is 10.1. The molecular weight excluding hydrogens is 130 g/mol. The molecule has 0 saturated heterocycles. The molecule has 50 valence electrons. The fourth-order valence-electron chi connectivity index (χ4n) is 0.807. The minimum absolute atomic E-state index is 0.760. The Balaban J connectivity index is 2.48. The summed E-state index contributed by atoms with van der Waals surface area (Å²) in [5.74, 6) is 0.760. The Bertz CT molecular complexity index is 155. The van der Waals surface area contributed by atoms with E-state index in [0.29, 0.717) is 0 Å². The highest BCUT2D eigenvalue weighted by Crippen LogP contribution is 2.03. The first kappa shape index (κ1) is 6.75. The smallest absolute Gasteiger partial charge is 0.206 e. The Kier molecular flexibility index (Phi) is 2.22. The van der Waals surface area contributed by atoms with E-state index >= 15 is 0 Å². The summed E-state index contributed by atoms with van der Waals surface area (Å²) in [6.07, 6.45) is 1.17. The van der Waals surface area contributed by atoms with Crippen LogP contribution in [0.2, 0.25) is 0 Å². The zero-order chi connectivity index (χ0) is 6.69. The van der Waals surface area contributed by atoms with Crippen molar-refractivity contribution in [2.75, 3.05) is 0 Å². The van der Waals surface area contributed by atoms with Gasteiger partial charge in [-0.05, 0) is 5.92 Å². The molecule has 1 aromatic heterocycles. The number of thiazole rings is 1. The van der Waals surface area contributed by atoms with Crippen LogP contribution in [-0.4, -0.2) is 0 Å². The van der Waals surface area contributed by atoms with E-state index in [2.05, 4.69) is 24.2 Å². The molecule has 0 aliphatic rings. The summed E-state index contributed by atoms with van der Waals surface area (Å²) >= 11 is 1.73. The molecule has 1 N–H and O–H groups in total. The van der Waals surface area contributed by atoms with Crippen molar-refractivity contribution in [3.05, 3.63) is 16.6 Å². The maximum atomic E-state index is 3.19. The van der Waals surface area contributed by atoms with Crippen LogP contribution in [0.1, 0.15) is 19.5 Å². The summed E-state index contributed by atoms with van der Waals surface area (Å²) in [5.41, 5.74) is 3.37. The van der Waals surface area contributed by atoms with Gasteiger partial charge < -0.3 is 0 Å². The number of aromatic nitrogens is 1. The van der Waals surface area contributed by atoms with Gasteiger partial charge in [0.15, 0.2) is 5.69 Å². The van der Waals surface area contributed by atoms with Gasteiger partial charge in [0.2, 0.25) is 5.51 Å². The normalized spacial score (nSPS) is 10.6. The fourth-order valence-corrected chi connectivity index (χ4v) is 1.42. The first-order chi connectivity index (χ1) is 4.29. The zero-order valence-corrected chi connectivity index (χ0v) is 6.66. The van der Waals surface area contributed by atoms with E-state index in [1.165, 1.54) is 12.1 Å². The van der Waals surface area contributed by atoms with Gasteiger partial charge in [-0.3, -0.25) is 0 Å². The highest BCUT2D eigenvalue weighted by Gasteiger charge is 2.02. The largest absolute Gasteiger partial charge is 0.223 e. The highest BCUT2D eigenvalue weighted by molar-refractivity contribution is 7.07. The number of hydrogen-bond donors (Lipinski definition) is 0. The van der Waals surface area contributed by atoms with E-state index in [9.17, 15) is 0 Å². The number of hydrogen-bond acceptors (Lipinski definition) is 1. The molecule has 0 aliphatic carbocycles. The van der Waals surface area contributed by atoms with E-state index in [0.717, 1.165) is 5.92 Å². The molecule has 1 rings (SSSR count). The molecule has 0 amide bonds. The van der Waals surface area contributed by atoms with Crippen LogP contribution in [0.3, 0.4) is 0 Å². The van der Waals surface area contributed by atoms with Crippen molar-refractivity contribution in [3.63, 3.8) is 0 Å². The lowest BCUT2D eigenvalue weighted by Gasteiger charge is -1.93. The van der Waals surface area contributed by atoms with E-state index < -0.39 is 0 Å². The SMILES string of the molecule is CC(C)Cc1csc[nH+]1. The predicted octanol–water partition coefficient (Wildman–Crippen LogP) is 1.76. The van der Waals surface area contributed by atoms with Gasteiger partial charge in [-0.15, -0.1) is 0 Å². The van der Waals surface area contributed by atoms with Gasteiger partial charge in [-0.2, -0.15) is 0 Å². The number of nitrogens with one attached hydrogen (secondary N) is 1. The van der Waals surface area contributed by atoms with Crippen LogP contribution in [-0.2, 0) is 6.42 Å². The lowest BCUT2D eigenvalue weighted by molar-refractivity contribution is -0.383. The van der Waals surface area contributed by atoms with Crippen LogP contribution in [0, 0.1) is 5.92 Å². The third-order valence-electron chi connectivity index (χ3n) is 1.15. The van der Waals surface area contributed by atoms with E-state index in [-0.39, 0.29) is 0 Å². The Labute approximate surface area is 59.8 Å². The molecule has 1 heterocycles. The van der Waals surface area contributed by atoms with E-state index in [1.54, 1.807) is 11.3 Å². The predicted molar refractivity (Wildman–Crippen MR) is 39.4 cm³/mol. The minimum Gasteiger partial charge on any atom is -0.206 e.